The fraction of sp³-hybridized carbons (Fsp3) is 0.636. The molecule has 1 aliphatic carbocycles. The highest BCUT2D eigenvalue weighted by Gasteiger charge is 2.27. The summed E-state index contributed by atoms with van der Waals surface area (Å²) in [5.74, 6) is 1.29. The van der Waals surface area contributed by atoms with E-state index in [0.29, 0.717) is 17.0 Å². The molecular weight excluding hydrogens is 236 g/mol. The lowest BCUT2D eigenvalue weighted by Gasteiger charge is -2.20. The maximum atomic E-state index is 5.74. The molecule has 0 aliphatic heterocycles. The van der Waals surface area contributed by atoms with Gasteiger partial charge in [0.25, 0.3) is 0 Å². The van der Waals surface area contributed by atoms with Crippen molar-refractivity contribution in [1.29, 1.82) is 0 Å². The Morgan fingerprint density at radius 2 is 2.29 bits per heavy atom. The number of thioether (sulfide) groups is 1. The van der Waals surface area contributed by atoms with E-state index in [0.717, 1.165) is 18.7 Å². The molecule has 2 rings (SSSR count). The molecular formula is C11H18N4OS. The molecule has 0 aromatic carbocycles. The Kier molecular flexibility index (Phi) is 4.06. The molecule has 3 N–H and O–H groups in total. The molecule has 6 heteroatoms. The summed E-state index contributed by atoms with van der Waals surface area (Å²) in [4.78, 5) is 8.51. The minimum absolute atomic E-state index is 0.268. The Hall–Kier alpha value is -1.01. The minimum atomic E-state index is 0.268. The molecule has 0 bridgehead atoms. The average molecular weight is 254 g/mol. The first-order valence-corrected chi connectivity index (χ1v) is 6.93. The molecule has 0 amide bonds. The third-order valence-corrected chi connectivity index (χ3v) is 3.54. The Balaban J connectivity index is 2.09. The van der Waals surface area contributed by atoms with E-state index >= 15 is 0 Å². The number of aromatic nitrogens is 2. The number of rotatable bonds is 4. The minimum Gasteiger partial charge on any atom is -0.383 e. The van der Waals surface area contributed by atoms with Crippen molar-refractivity contribution in [3.8, 4) is 0 Å². The molecule has 0 saturated heterocycles. The van der Waals surface area contributed by atoms with Gasteiger partial charge in [-0.25, -0.2) is 9.97 Å². The lowest BCUT2D eigenvalue weighted by molar-refractivity contribution is 0.101. The van der Waals surface area contributed by atoms with Crippen molar-refractivity contribution in [2.24, 2.45) is 0 Å². The summed E-state index contributed by atoms with van der Waals surface area (Å²) in [7, 11) is 1.76. The van der Waals surface area contributed by atoms with E-state index in [1.807, 2.05) is 6.26 Å². The van der Waals surface area contributed by atoms with Gasteiger partial charge in [-0.1, -0.05) is 11.8 Å². The van der Waals surface area contributed by atoms with E-state index in [9.17, 15) is 0 Å². The van der Waals surface area contributed by atoms with Crippen LogP contribution in [0.15, 0.2) is 11.2 Å². The Morgan fingerprint density at radius 1 is 1.47 bits per heavy atom. The number of nitrogen functional groups attached to an aromatic ring is 1. The quantitative estimate of drug-likeness (QED) is 0.630. The van der Waals surface area contributed by atoms with E-state index < -0.39 is 0 Å². The Bertz CT molecular complexity index is 388. The van der Waals surface area contributed by atoms with Gasteiger partial charge < -0.3 is 15.8 Å². The van der Waals surface area contributed by atoms with E-state index in [-0.39, 0.29) is 6.10 Å². The number of anilines is 2. The lowest BCUT2D eigenvalue weighted by Crippen LogP contribution is -2.30. The fourth-order valence-electron chi connectivity index (χ4n) is 2.17. The molecule has 1 aromatic rings. The molecule has 0 radical (unpaired) electrons. The Labute approximate surface area is 106 Å². The van der Waals surface area contributed by atoms with Crippen LogP contribution < -0.4 is 11.1 Å². The van der Waals surface area contributed by atoms with Gasteiger partial charge >= 0.3 is 0 Å². The van der Waals surface area contributed by atoms with Gasteiger partial charge in [-0.15, -0.1) is 0 Å². The van der Waals surface area contributed by atoms with Gasteiger partial charge in [0.05, 0.1) is 12.1 Å². The zero-order valence-electron chi connectivity index (χ0n) is 10.1. The predicted octanol–water partition coefficient (Wildman–Crippen LogP) is 1.76. The summed E-state index contributed by atoms with van der Waals surface area (Å²) < 4.78 is 5.44. The first kappa shape index (κ1) is 12.4. The number of ether oxygens (including phenoxy) is 1. The van der Waals surface area contributed by atoms with Gasteiger partial charge in [-0.05, 0) is 25.5 Å². The second kappa shape index (κ2) is 5.55. The molecule has 1 aliphatic rings. The lowest BCUT2D eigenvalue weighted by atomic mass is 10.2. The molecule has 1 fully saturated rings. The van der Waals surface area contributed by atoms with E-state index in [4.69, 9.17) is 10.5 Å². The molecule has 1 heterocycles. The third kappa shape index (κ3) is 3.01. The molecule has 2 atom stereocenters. The maximum absolute atomic E-state index is 5.74. The monoisotopic (exact) mass is 254 g/mol. The van der Waals surface area contributed by atoms with Crippen molar-refractivity contribution in [2.75, 3.05) is 24.4 Å². The smallest absolute Gasteiger partial charge is 0.191 e. The molecule has 5 nitrogen and oxygen atoms in total. The number of nitrogens with one attached hydrogen (secondary N) is 1. The van der Waals surface area contributed by atoms with Crippen molar-refractivity contribution in [3.05, 3.63) is 6.07 Å². The summed E-state index contributed by atoms with van der Waals surface area (Å²) in [6, 6.07) is 2.09. The number of hydrogen-bond acceptors (Lipinski definition) is 6. The molecule has 1 aromatic heterocycles. The van der Waals surface area contributed by atoms with Crippen molar-refractivity contribution in [3.63, 3.8) is 0 Å². The molecule has 17 heavy (non-hydrogen) atoms. The van der Waals surface area contributed by atoms with Crippen LogP contribution in [0.2, 0.25) is 0 Å². The number of nitrogens with two attached hydrogens (primary N) is 1. The highest BCUT2D eigenvalue weighted by Crippen LogP contribution is 2.25. The van der Waals surface area contributed by atoms with Crippen molar-refractivity contribution < 1.29 is 4.74 Å². The second-order valence-electron chi connectivity index (χ2n) is 4.12. The SMILES string of the molecule is COC1CCCC1Nc1cc(N)nc(SC)n1. The summed E-state index contributed by atoms with van der Waals surface area (Å²) in [6.45, 7) is 0. The van der Waals surface area contributed by atoms with Crippen LogP contribution in [0.1, 0.15) is 19.3 Å². The highest BCUT2D eigenvalue weighted by molar-refractivity contribution is 7.98. The van der Waals surface area contributed by atoms with Gasteiger partial charge in [0.2, 0.25) is 0 Å². The summed E-state index contributed by atoms with van der Waals surface area (Å²) in [5.41, 5.74) is 5.74. The van der Waals surface area contributed by atoms with Gasteiger partial charge in [0.15, 0.2) is 5.16 Å². The van der Waals surface area contributed by atoms with Crippen LogP contribution in [-0.2, 0) is 4.74 Å². The van der Waals surface area contributed by atoms with Gasteiger partial charge in [-0.3, -0.25) is 0 Å². The zero-order valence-corrected chi connectivity index (χ0v) is 11.0. The van der Waals surface area contributed by atoms with E-state index in [2.05, 4.69) is 15.3 Å². The van der Waals surface area contributed by atoms with Crippen molar-refractivity contribution in [2.45, 2.75) is 36.6 Å². The largest absolute Gasteiger partial charge is 0.383 e. The summed E-state index contributed by atoms with van der Waals surface area (Å²) in [5, 5.41) is 4.08. The van der Waals surface area contributed by atoms with Crippen LogP contribution in [0, 0.1) is 0 Å². The van der Waals surface area contributed by atoms with Gasteiger partial charge in [0.1, 0.15) is 11.6 Å². The van der Waals surface area contributed by atoms with Gasteiger partial charge in [-0.2, -0.15) is 0 Å². The average Bonchev–Trinajstić information content (AvgIpc) is 2.75. The van der Waals surface area contributed by atoms with Crippen LogP contribution in [-0.4, -0.2) is 35.5 Å². The first-order chi connectivity index (χ1) is 8.22. The maximum Gasteiger partial charge on any atom is 0.191 e. The summed E-state index contributed by atoms with van der Waals surface area (Å²) in [6.07, 6.45) is 5.60. The zero-order chi connectivity index (χ0) is 12.3. The van der Waals surface area contributed by atoms with E-state index in [1.165, 1.54) is 18.2 Å². The van der Waals surface area contributed by atoms with E-state index in [1.54, 1.807) is 13.2 Å². The molecule has 94 valence electrons. The Morgan fingerprint density at radius 3 is 3.00 bits per heavy atom. The normalized spacial score (nSPS) is 23.9. The van der Waals surface area contributed by atoms with Crippen molar-refractivity contribution >= 4 is 23.4 Å². The van der Waals surface area contributed by atoms with Crippen LogP contribution in [0.25, 0.3) is 0 Å². The predicted molar refractivity (Wildman–Crippen MR) is 70.3 cm³/mol. The number of methoxy groups -OCH3 is 1. The van der Waals surface area contributed by atoms with Gasteiger partial charge in [0, 0.05) is 13.2 Å². The molecule has 0 spiro atoms. The second-order valence-corrected chi connectivity index (χ2v) is 4.89. The topological polar surface area (TPSA) is 73.1 Å². The van der Waals surface area contributed by atoms with Crippen LogP contribution in [0.3, 0.4) is 0 Å². The third-order valence-electron chi connectivity index (χ3n) is 3.00. The fourth-order valence-corrected chi connectivity index (χ4v) is 2.56. The highest BCUT2D eigenvalue weighted by atomic mass is 32.2. The van der Waals surface area contributed by atoms with Crippen LogP contribution in [0.5, 0.6) is 0 Å². The van der Waals surface area contributed by atoms with Crippen LogP contribution >= 0.6 is 11.8 Å². The molecule has 1 saturated carbocycles. The van der Waals surface area contributed by atoms with Crippen LogP contribution in [0.4, 0.5) is 11.6 Å². The standard InChI is InChI=1S/C11H18N4OS/c1-16-8-5-3-4-7(8)13-10-6-9(12)14-11(15-10)17-2/h6-8H,3-5H2,1-2H3,(H3,12,13,14,15). The number of hydrogen-bond donors (Lipinski definition) is 2. The number of nitrogens with zero attached hydrogens (tertiary/aromatic N) is 2. The summed E-state index contributed by atoms with van der Waals surface area (Å²) >= 11 is 1.49. The van der Waals surface area contributed by atoms with Crippen molar-refractivity contribution in [1.82, 2.24) is 9.97 Å². The molecule has 2 unspecified atom stereocenters. The first-order valence-electron chi connectivity index (χ1n) is 5.71.